The van der Waals surface area contributed by atoms with Gasteiger partial charge in [-0.3, -0.25) is 9.69 Å². The van der Waals surface area contributed by atoms with Gasteiger partial charge < -0.3 is 9.47 Å². The van der Waals surface area contributed by atoms with Gasteiger partial charge in [-0.1, -0.05) is 23.9 Å². The Morgan fingerprint density at radius 1 is 1.32 bits per heavy atom. The van der Waals surface area contributed by atoms with Gasteiger partial charge in [-0.25, -0.2) is 9.79 Å². The molecular weight excluding hydrogens is 340 g/mol. The number of carbonyl (C=O) groups is 2. The summed E-state index contributed by atoms with van der Waals surface area (Å²) in [6.07, 6.45) is 0. The normalized spacial score (nSPS) is 22.6. The fourth-order valence-corrected chi connectivity index (χ4v) is 4.00. The first-order valence-corrected chi connectivity index (χ1v) is 8.96. The van der Waals surface area contributed by atoms with Crippen molar-refractivity contribution < 1.29 is 19.1 Å². The Kier molecular flexibility index (Phi) is 4.85. The number of amidine groups is 1. The standard InChI is InChI=1S/C18H20N2O4S/c1-5-24-17(22)14-10(2)19-18-20(16(21)11(3)25-18)15(14)12-6-8-13(23-4)9-7-12/h6-9,11,15H,5H2,1-4H3/t11-,15+/m0/s1. The lowest BCUT2D eigenvalue weighted by Crippen LogP contribution is -2.40. The molecule has 0 aliphatic carbocycles. The minimum absolute atomic E-state index is 0.0566. The fourth-order valence-electron chi connectivity index (χ4n) is 2.97. The predicted octanol–water partition coefficient (Wildman–Crippen LogP) is 2.91. The summed E-state index contributed by atoms with van der Waals surface area (Å²) in [5, 5.41) is 0.401. The van der Waals surface area contributed by atoms with E-state index in [1.807, 2.05) is 31.2 Å². The van der Waals surface area contributed by atoms with Gasteiger partial charge in [0.05, 0.1) is 36.3 Å². The highest BCUT2D eigenvalue weighted by molar-refractivity contribution is 8.15. The largest absolute Gasteiger partial charge is 0.497 e. The van der Waals surface area contributed by atoms with Crippen molar-refractivity contribution in [2.24, 2.45) is 4.99 Å². The summed E-state index contributed by atoms with van der Waals surface area (Å²) in [6, 6.07) is 6.81. The van der Waals surface area contributed by atoms with Crippen molar-refractivity contribution in [2.45, 2.75) is 32.1 Å². The topological polar surface area (TPSA) is 68.2 Å². The number of hydrogen-bond acceptors (Lipinski definition) is 6. The summed E-state index contributed by atoms with van der Waals surface area (Å²) in [5.74, 6) is 0.210. The van der Waals surface area contributed by atoms with Crippen LogP contribution in [0.5, 0.6) is 5.75 Å². The average molecular weight is 360 g/mol. The van der Waals surface area contributed by atoms with Gasteiger partial charge in [0, 0.05) is 0 Å². The van der Waals surface area contributed by atoms with Gasteiger partial charge >= 0.3 is 5.97 Å². The van der Waals surface area contributed by atoms with Crippen LogP contribution in [0.25, 0.3) is 0 Å². The minimum Gasteiger partial charge on any atom is -0.497 e. The van der Waals surface area contributed by atoms with E-state index in [2.05, 4.69) is 4.99 Å². The predicted molar refractivity (Wildman–Crippen MR) is 96.4 cm³/mol. The van der Waals surface area contributed by atoms with E-state index >= 15 is 0 Å². The highest BCUT2D eigenvalue weighted by Gasteiger charge is 2.46. The molecule has 7 heteroatoms. The van der Waals surface area contributed by atoms with E-state index in [1.54, 1.807) is 25.9 Å². The van der Waals surface area contributed by atoms with Crippen LogP contribution in [0, 0.1) is 0 Å². The Labute approximate surface area is 150 Å². The van der Waals surface area contributed by atoms with Crippen LogP contribution in [0.4, 0.5) is 0 Å². The first-order valence-electron chi connectivity index (χ1n) is 8.08. The van der Waals surface area contributed by atoms with Crippen LogP contribution in [0.2, 0.25) is 0 Å². The van der Waals surface area contributed by atoms with Crippen LogP contribution >= 0.6 is 11.8 Å². The number of hydrogen-bond donors (Lipinski definition) is 0. The van der Waals surface area contributed by atoms with Crippen LogP contribution in [-0.4, -0.2) is 40.9 Å². The Bertz CT molecular complexity index is 770. The lowest BCUT2D eigenvalue weighted by atomic mass is 9.94. The molecule has 1 aromatic carbocycles. The molecule has 25 heavy (non-hydrogen) atoms. The quantitative estimate of drug-likeness (QED) is 0.772. The van der Waals surface area contributed by atoms with Crippen LogP contribution in [0.3, 0.4) is 0 Å². The van der Waals surface area contributed by atoms with Gasteiger partial charge in [-0.05, 0) is 38.5 Å². The monoisotopic (exact) mass is 360 g/mol. The number of esters is 1. The van der Waals surface area contributed by atoms with E-state index in [-0.39, 0.29) is 17.8 Å². The number of thioether (sulfide) groups is 1. The second kappa shape index (κ2) is 6.92. The lowest BCUT2D eigenvalue weighted by molar-refractivity contribution is -0.139. The van der Waals surface area contributed by atoms with E-state index in [9.17, 15) is 9.59 Å². The number of amides is 1. The molecule has 2 aliphatic rings. The molecule has 2 heterocycles. The molecular formula is C18H20N2O4S. The van der Waals surface area contributed by atoms with Crippen LogP contribution in [0.1, 0.15) is 32.4 Å². The van der Waals surface area contributed by atoms with E-state index in [0.717, 1.165) is 5.56 Å². The zero-order valence-electron chi connectivity index (χ0n) is 14.6. The number of rotatable bonds is 4. The van der Waals surface area contributed by atoms with Crippen molar-refractivity contribution in [1.82, 2.24) is 4.90 Å². The second-order valence-corrected chi connectivity index (χ2v) is 7.07. The molecule has 1 fully saturated rings. The van der Waals surface area contributed by atoms with Crippen molar-refractivity contribution in [3.63, 3.8) is 0 Å². The Morgan fingerprint density at radius 3 is 2.60 bits per heavy atom. The molecule has 3 rings (SSSR count). The van der Waals surface area contributed by atoms with Crippen LogP contribution < -0.4 is 4.74 Å². The van der Waals surface area contributed by atoms with Crippen molar-refractivity contribution in [2.75, 3.05) is 13.7 Å². The third-order valence-corrected chi connectivity index (χ3v) is 5.24. The van der Waals surface area contributed by atoms with Gasteiger partial charge in [0.25, 0.3) is 0 Å². The number of aliphatic imine (C=N–C) groups is 1. The van der Waals surface area contributed by atoms with Gasteiger partial charge in [0.1, 0.15) is 5.75 Å². The molecule has 0 radical (unpaired) electrons. The maximum Gasteiger partial charge on any atom is 0.338 e. The van der Waals surface area contributed by atoms with Crippen LogP contribution in [-0.2, 0) is 14.3 Å². The summed E-state index contributed by atoms with van der Waals surface area (Å²) >= 11 is 1.41. The SMILES string of the molecule is CCOC(=O)C1=C(C)N=C2S[C@@H](C)C(=O)N2[C@@H]1c1ccc(OC)cc1. The Balaban J connectivity index is 2.12. The molecule has 1 saturated heterocycles. The number of fused-ring (bicyclic) bond motifs is 1. The summed E-state index contributed by atoms with van der Waals surface area (Å²) in [4.78, 5) is 31.4. The summed E-state index contributed by atoms with van der Waals surface area (Å²) < 4.78 is 10.4. The zero-order valence-corrected chi connectivity index (χ0v) is 15.4. The highest BCUT2D eigenvalue weighted by Crippen LogP contribution is 2.43. The summed E-state index contributed by atoms with van der Waals surface area (Å²) in [5.41, 5.74) is 1.80. The highest BCUT2D eigenvalue weighted by atomic mass is 32.2. The Hall–Kier alpha value is -2.28. The van der Waals surface area contributed by atoms with Crippen molar-refractivity contribution >= 4 is 28.8 Å². The second-order valence-electron chi connectivity index (χ2n) is 5.76. The van der Waals surface area contributed by atoms with E-state index in [1.165, 1.54) is 11.8 Å². The number of carbonyl (C=O) groups excluding carboxylic acids is 2. The number of methoxy groups -OCH3 is 1. The van der Waals surface area contributed by atoms with E-state index < -0.39 is 12.0 Å². The zero-order chi connectivity index (χ0) is 18.1. The maximum absolute atomic E-state index is 12.7. The van der Waals surface area contributed by atoms with Crippen LogP contribution in [0.15, 0.2) is 40.5 Å². The lowest BCUT2D eigenvalue weighted by Gasteiger charge is -2.33. The van der Waals surface area contributed by atoms with Gasteiger partial charge in [-0.2, -0.15) is 0 Å². The molecule has 2 atom stereocenters. The molecule has 6 nitrogen and oxygen atoms in total. The summed E-state index contributed by atoms with van der Waals surface area (Å²) in [6.45, 7) is 5.65. The molecule has 2 aliphatic heterocycles. The number of allylic oxidation sites excluding steroid dienone is 1. The molecule has 0 spiro atoms. The van der Waals surface area contributed by atoms with Gasteiger partial charge in [0.15, 0.2) is 5.17 Å². The van der Waals surface area contributed by atoms with E-state index in [0.29, 0.717) is 22.2 Å². The molecule has 0 saturated carbocycles. The van der Waals surface area contributed by atoms with Crippen molar-refractivity contribution in [1.29, 1.82) is 0 Å². The van der Waals surface area contributed by atoms with Gasteiger partial charge in [-0.15, -0.1) is 0 Å². The number of ether oxygens (including phenoxy) is 2. The molecule has 0 unspecified atom stereocenters. The van der Waals surface area contributed by atoms with E-state index in [4.69, 9.17) is 9.47 Å². The first kappa shape index (κ1) is 17.5. The fraction of sp³-hybridized carbons (Fsp3) is 0.389. The van der Waals surface area contributed by atoms with Crippen molar-refractivity contribution in [3.05, 3.63) is 41.1 Å². The minimum atomic E-state index is -0.539. The first-order chi connectivity index (χ1) is 12.0. The van der Waals surface area contributed by atoms with Gasteiger partial charge in [0.2, 0.25) is 5.91 Å². The molecule has 132 valence electrons. The smallest absolute Gasteiger partial charge is 0.338 e. The van der Waals surface area contributed by atoms with Crippen molar-refractivity contribution in [3.8, 4) is 5.75 Å². The average Bonchev–Trinajstić information content (AvgIpc) is 2.88. The molecule has 0 bridgehead atoms. The summed E-state index contributed by atoms with van der Waals surface area (Å²) in [7, 11) is 1.59. The maximum atomic E-state index is 12.7. The molecule has 1 amide bonds. The molecule has 1 aromatic rings. The third-order valence-electron chi connectivity index (χ3n) is 4.19. The number of nitrogens with zero attached hydrogens (tertiary/aromatic N) is 2. The Morgan fingerprint density at radius 2 is 2.00 bits per heavy atom. The number of benzene rings is 1. The molecule has 0 aromatic heterocycles. The molecule has 0 N–H and O–H groups in total. The third kappa shape index (κ3) is 3.04.